The third kappa shape index (κ3) is 3.05. The van der Waals surface area contributed by atoms with E-state index in [0.717, 1.165) is 18.7 Å². The van der Waals surface area contributed by atoms with E-state index in [9.17, 15) is 10.1 Å². The molecule has 0 aliphatic carbocycles. The monoisotopic (exact) mass is 374 g/mol. The van der Waals surface area contributed by atoms with Crippen molar-refractivity contribution in [2.75, 3.05) is 31.3 Å². The number of rotatable bonds is 2. The Labute approximate surface area is 156 Å². The largest absolute Gasteiger partial charge is 0.379 e. The number of morpholine rings is 1. The molecule has 2 unspecified atom stereocenters. The van der Waals surface area contributed by atoms with E-state index in [2.05, 4.69) is 27.0 Å². The van der Waals surface area contributed by atoms with E-state index in [1.165, 1.54) is 0 Å². The Morgan fingerprint density at radius 1 is 1.35 bits per heavy atom. The van der Waals surface area contributed by atoms with Gasteiger partial charge in [-0.15, -0.1) is 0 Å². The first-order valence-electron chi connectivity index (χ1n) is 8.43. The molecule has 0 spiro atoms. The molecule has 2 atom stereocenters. The van der Waals surface area contributed by atoms with Gasteiger partial charge in [-0.25, -0.2) is 5.43 Å². The second-order valence-electron chi connectivity index (χ2n) is 6.44. The minimum absolute atomic E-state index is 0.134. The van der Waals surface area contributed by atoms with Gasteiger partial charge in [0.2, 0.25) is 0 Å². The number of nitrogens with zero attached hydrogens (tertiary/aromatic N) is 3. The van der Waals surface area contributed by atoms with Gasteiger partial charge in [0.05, 0.1) is 30.0 Å². The van der Waals surface area contributed by atoms with Crippen LogP contribution in [0.1, 0.15) is 11.1 Å². The fraction of sp³-hybridized carbons (Fsp3) is 0.412. The number of carbonyl (C=O) groups excluding carboxylic acids is 1. The van der Waals surface area contributed by atoms with Gasteiger partial charge in [-0.1, -0.05) is 11.6 Å². The Morgan fingerprint density at radius 2 is 2.12 bits per heavy atom. The molecular formula is C17H19ClN6O2. The van der Waals surface area contributed by atoms with Gasteiger partial charge >= 0.3 is 0 Å². The van der Waals surface area contributed by atoms with Gasteiger partial charge in [0.15, 0.2) is 0 Å². The number of benzene rings is 1. The van der Waals surface area contributed by atoms with Crippen molar-refractivity contribution in [3.8, 4) is 6.07 Å². The van der Waals surface area contributed by atoms with Crippen LogP contribution >= 0.6 is 11.6 Å². The summed E-state index contributed by atoms with van der Waals surface area (Å²) < 4.78 is 5.37. The molecule has 4 rings (SSSR count). The topological polar surface area (TPSA) is 92.7 Å². The summed E-state index contributed by atoms with van der Waals surface area (Å²) in [5.41, 5.74) is 5.82. The highest BCUT2D eigenvalue weighted by Crippen LogP contribution is 2.31. The van der Waals surface area contributed by atoms with E-state index >= 15 is 0 Å². The Kier molecular flexibility index (Phi) is 4.56. The van der Waals surface area contributed by atoms with Crippen LogP contribution < -0.4 is 21.1 Å². The molecule has 9 heteroatoms. The van der Waals surface area contributed by atoms with Crippen molar-refractivity contribution in [3.63, 3.8) is 0 Å². The zero-order chi connectivity index (χ0) is 18.3. The maximum Gasteiger partial charge on any atom is 0.254 e. The van der Waals surface area contributed by atoms with Crippen molar-refractivity contribution in [1.29, 1.82) is 5.26 Å². The van der Waals surface area contributed by atoms with Gasteiger partial charge < -0.3 is 10.1 Å². The minimum Gasteiger partial charge on any atom is -0.379 e. The molecule has 0 radical (unpaired) electrons. The number of hydrogen-bond acceptors (Lipinski definition) is 7. The molecule has 26 heavy (non-hydrogen) atoms. The predicted molar refractivity (Wildman–Crippen MR) is 95.8 cm³/mol. The fourth-order valence-corrected chi connectivity index (χ4v) is 3.76. The number of nitriles is 1. The molecule has 1 aromatic rings. The Bertz CT molecular complexity index is 814. The molecule has 0 aromatic heterocycles. The first-order chi connectivity index (χ1) is 12.6. The molecule has 3 aliphatic rings. The van der Waals surface area contributed by atoms with Crippen LogP contribution in [0.5, 0.6) is 0 Å². The highest BCUT2D eigenvalue weighted by atomic mass is 35.5. The number of hydrazine groups is 1. The highest BCUT2D eigenvalue weighted by Gasteiger charge is 2.39. The lowest BCUT2D eigenvalue weighted by Crippen LogP contribution is -2.68. The third-order valence-electron chi connectivity index (χ3n) is 4.74. The van der Waals surface area contributed by atoms with Crippen LogP contribution in [0.4, 0.5) is 5.69 Å². The lowest BCUT2D eigenvalue weighted by Gasteiger charge is -2.40. The summed E-state index contributed by atoms with van der Waals surface area (Å²) in [6, 6.07) is 5.59. The number of anilines is 1. The summed E-state index contributed by atoms with van der Waals surface area (Å²) >= 11 is 6.06. The summed E-state index contributed by atoms with van der Waals surface area (Å²) in [6.07, 6.45) is 1.13. The van der Waals surface area contributed by atoms with Crippen molar-refractivity contribution in [3.05, 3.63) is 40.1 Å². The van der Waals surface area contributed by atoms with Gasteiger partial charge in [0.1, 0.15) is 18.5 Å². The lowest BCUT2D eigenvalue weighted by atomic mass is 10.1. The Hall–Kier alpha value is -2.15. The number of fused-ring (bicyclic) bond motifs is 1. The average molecular weight is 375 g/mol. The number of ether oxygens (including phenoxy) is 1. The number of amides is 1. The minimum atomic E-state index is -0.335. The van der Waals surface area contributed by atoms with Crippen molar-refractivity contribution in [2.24, 2.45) is 0 Å². The fourth-order valence-electron chi connectivity index (χ4n) is 3.49. The van der Waals surface area contributed by atoms with Crippen LogP contribution in [-0.4, -0.2) is 49.6 Å². The number of nitrogens with one attached hydrogen (secondary N) is 3. The molecule has 0 bridgehead atoms. The highest BCUT2D eigenvalue weighted by molar-refractivity contribution is 6.30. The number of halogens is 1. The molecule has 1 amide bonds. The average Bonchev–Trinajstić information content (AvgIpc) is 3.05. The third-order valence-corrected chi connectivity index (χ3v) is 4.96. The van der Waals surface area contributed by atoms with E-state index < -0.39 is 0 Å². The molecule has 3 N–H and O–H groups in total. The molecule has 3 heterocycles. The number of hydrogen-bond donors (Lipinski definition) is 3. The smallest absolute Gasteiger partial charge is 0.254 e. The summed E-state index contributed by atoms with van der Waals surface area (Å²) in [5, 5.41) is 18.1. The van der Waals surface area contributed by atoms with Crippen molar-refractivity contribution < 1.29 is 9.53 Å². The van der Waals surface area contributed by atoms with Crippen LogP contribution in [-0.2, 0) is 9.53 Å². The van der Waals surface area contributed by atoms with Gasteiger partial charge in [0, 0.05) is 24.3 Å². The molecular weight excluding hydrogens is 356 g/mol. The molecule has 136 valence electrons. The summed E-state index contributed by atoms with van der Waals surface area (Å²) in [5.74, 6) is -0.134. The molecule has 2 saturated heterocycles. The van der Waals surface area contributed by atoms with Crippen molar-refractivity contribution in [1.82, 2.24) is 21.0 Å². The first kappa shape index (κ1) is 17.3. The van der Waals surface area contributed by atoms with Crippen LogP contribution in [0.25, 0.3) is 0 Å². The summed E-state index contributed by atoms with van der Waals surface area (Å²) in [7, 11) is 0. The zero-order valence-electron chi connectivity index (χ0n) is 14.3. The maximum absolute atomic E-state index is 12.6. The first-order valence-corrected chi connectivity index (χ1v) is 8.80. The summed E-state index contributed by atoms with van der Waals surface area (Å²) in [6.45, 7) is 4.69. The molecule has 0 saturated carbocycles. The molecule has 1 aromatic carbocycles. The van der Waals surface area contributed by atoms with Crippen LogP contribution in [0.3, 0.4) is 0 Å². The Morgan fingerprint density at radius 3 is 2.85 bits per heavy atom. The molecule has 3 aliphatic heterocycles. The van der Waals surface area contributed by atoms with Crippen LogP contribution in [0.2, 0.25) is 5.02 Å². The zero-order valence-corrected chi connectivity index (χ0v) is 15.0. The van der Waals surface area contributed by atoms with E-state index in [0.29, 0.717) is 35.1 Å². The SMILES string of the molecule is Cc1cc(Cl)cc(C#N)c1N1C=C2C(=O)NC(N3CCOCC3)NC2N1. The maximum atomic E-state index is 12.6. The van der Waals surface area contributed by atoms with Crippen molar-refractivity contribution in [2.45, 2.75) is 19.4 Å². The standard InChI is InChI=1S/C17H19ClN6O2/c1-10-6-12(18)7-11(8-19)14(10)24-9-13-15(22-24)20-17(21-16(13)25)23-2-4-26-5-3-23/h6-7,9,15,17,20,22H,2-5H2,1H3,(H,21,25). The predicted octanol–water partition coefficient (Wildman–Crippen LogP) is 0.390. The number of aryl methyl sites for hydroxylation is 1. The molecule has 2 fully saturated rings. The lowest BCUT2D eigenvalue weighted by molar-refractivity contribution is -0.123. The van der Waals surface area contributed by atoms with Crippen molar-refractivity contribution >= 4 is 23.2 Å². The normalized spacial score (nSPS) is 26.1. The summed E-state index contributed by atoms with van der Waals surface area (Å²) in [4.78, 5) is 14.7. The quantitative estimate of drug-likeness (QED) is 0.689. The van der Waals surface area contributed by atoms with Gasteiger partial charge in [-0.2, -0.15) is 5.26 Å². The second kappa shape index (κ2) is 6.87. The molecule has 8 nitrogen and oxygen atoms in total. The van der Waals surface area contributed by atoms with Crippen LogP contribution in [0, 0.1) is 18.3 Å². The van der Waals surface area contributed by atoms with Gasteiger partial charge in [-0.05, 0) is 24.6 Å². The van der Waals surface area contributed by atoms with E-state index in [1.54, 1.807) is 23.3 Å². The Balaban J connectivity index is 1.58. The van der Waals surface area contributed by atoms with E-state index in [1.807, 2.05) is 6.92 Å². The van der Waals surface area contributed by atoms with Crippen LogP contribution in [0.15, 0.2) is 23.9 Å². The van der Waals surface area contributed by atoms with E-state index in [4.69, 9.17) is 16.3 Å². The van der Waals surface area contributed by atoms with Gasteiger partial charge in [-0.3, -0.25) is 20.0 Å². The second-order valence-corrected chi connectivity index (χ2v) is 6.87. The number of carbonyl (C=O) groups is 1. The van der Waals surface area contributed by atoms with Gasteiger partial charge in [0.25, 0.3) is 5.91 Å². The van der Waals surface area contributed by atoms with E-state index in [-0.39, 0.29) is 18.4 Å².